The largest absolute Gasteiger partial charge is 0.445 e. The van der Waals surface area contributed by atoms with Crippen molar-refractivity contribution in [3.05, 3.63) is 0 Å². The minimum absolute atomic E-state index is 0.0675. The van der Waals surface area contributed by atoms with Gasteiger partial charge in [-0.3, -0.25) is 0 Å². The van der Waals surface area contributed by atoms with Gasteiger partial charge < -0.3 is 12.6 Å². The summed E-state index contributed by atoms with van der Waals surface area (Å²) in [6, 6.07) is 2.60. The van der Waals surface area contributed by atoms with Crippen molar-refractivity contribution in [3.63, 3.8) is 0 Å². The fourth-order valence-corrected chi connectivity index (χ4v) is 18.4. The van der Waals surface area contributed by atoms with Crippen LogP contribution in [-0.2, 0) is 17.2 Å². The van der Waals surface area contributed by atoms with Crippen LogP contribution in [0.25, 0.3) is 0 Å². The maximum atomic E-state index is 14.5. The second-order valence-corrected chi connectivity index (χ2v) is 29.3. The number of hydrogen-bond acceptors (Lipinski definition) is 4. The molecule has 0 aliphatic rings. The van der Waals surface area contributed by atoms with Gasteiger partial charge in [-0.1, -0.05) is 83.1 Å². The van der Waals surface area contributed by atoms with Gasteiger partial charge in [0.25, 0.3) is 0 Å². The summed E-state index contributed by atoms with van der Waals surface area (Å²) in [7, 11) is -10.9. The van der Waals surface area contributed by atoms with Crippen molar-refractivity contribution in [2.75, 3.05) is 0 Å². The lowest BCUT2D eigenvalue weighted by atomic mass is 10.2. The Labute approximate surface area is 185 Å². The first-order chi connectivity index (χ1) is 12.6. The molecule has 3 unspecified atom stereocenters. The zero-order valence-corrected chi connectivity index (χ0v) is 26.1. The SMILES string of the molecule is CC[Si](C)(OP(=O)(O[Si](C)(CC)C(C)(C)C)O[Si](C)(CC)C(C)(C)C)C(C)(C)C. The molecule has 0 aliphatic carbocycles. The van der Waals surface area contributed by atoms with E-state index < -0.39 is 32.8 Å². The highest BCUT2D eigenvalue weighted by molar-refractivity contribution is 7.54. The van der Waals surface area contributed by atoms with E-state index in [4.69, 9.17) is 12.6 Å². The molecular weight excluding hydrogens is 431 g/mol. The first-order valence-corrected chi connectivity index (χ1v) is 20.6. The van der Waals surface area contributed by atoms with E-state index in [1.807, 2.05) is 0 Å². The van der Waals surface area contributed by atoms with Crippen molar-refractivity contribution in [2.24, 2.45) is 0 Å². The molecule has 0 aliphatic heterocycles. The Morgan fingerprint density at radius 3 is 0.828 bits per heavy atom. The first-order valence-electron chi connectivity index (χ1n) is 11.3. The third-order valence-electron chi connectivity index (χ3n) is 7.72. The number of phosphoric acid groups is 1. The van der Waals surface area contributed by atoms with E-state index in [0.29, 0.717) is 0 Å². The molecule has 8 heteroatoms. The minimum atomic E-state index is -3.74. The van der Waals surface area contributed by atoms with Gasteiger partial charge in [0.1, 0.15) is 0 Å². The van der Waals surface area contributed by atoms with Crippen LogP contribution in [0.3, 0.4) is 0 Å². The van der Waals surface area contributed by atoms with E-state index in [1.165, 1.54) is 0 Å². The minimum Gasteiger partial charge on any atom is -0.330 e. The van der Waals surface area contributed by atoms with Crippen molar-refractivity contribution in [3.8, 4) is 0 Å². The zero-order valence-electron chi connectivity index (χ0n) is 22.2. The zero-order chi connectivity index (χ0) is 23.7. The number of hydrogen-bond donors (Lipinski definition) is 0. The van der Waals surface area contributed by atoms with Crippen LogP contribution >= 0.6 is 7.82 Å². The van der Waals surface area contributed by atoms with Crippen molar-refractivity contribution < 1.29 is 17.2 Å². The van der Waals surface area contributed by atoms with E-state index in [-0.39, 0.29) is 15.1 Å². The van der Waals surface area contributed by atoms with Crippen molar-refractivity contribution in [1.82, 2.24) is 0 Å². The highest BCUT2D eigenvalue weighted by atomic mass is 31.2. The predicted octanol–water partition coefficient (Wildman–Crippen LogP) is 9.33. The van der Waals surface area contributed by atoms with Crippen LogP contribution in [0.2, 0.25) is 52.9 Å². The van der Waals surface area contributed by atoms with Crippen LogP contribution in [0.5, 0.6) is 0 Å². The Balaban J connectivity index is 6.51. The van der Waals surface area contributed by atoms with Crippen LogP contribution < -0.4 is 0 Å². The quantitative estimate of drug-likeness (QED) is 0.242. The highest BCUT2D eigenvalue weighted by Crippen LogP contribution is 2.64. The summed E-state index contributed by atoms with van der Waals surface area (Å²) in [5.41, 5.74) is 0. The van der Waals surface area contributed by atoms with E-state index in [1.54, 1.807) is 0 Å². The predicted molar refractivity (Wildman–Crippen MR) is 136 cm³/mol. The topological polar surface area (TPSA) is 44.8 Å². The second kappa shape index (κ2) is 9.32. The summed E-state index contributed by atoms with van der Waals surface area (Å²) in [6.45, 7) is 32.6. The Morgan fingerprint density at radius 2 is 0.724 bits per heavy atom. The Hall–Kier alpha value is 0.761. The van der Waals surface area contributed by atoms with Gasteiger partial charge in [0, 0.05) is 0 Å². The lowest BCUT2D eigenvalue weighted by Crippen LogP contribution is -2.49. The van der Waals surface area contributed by atoms with Crippen molar-refractivity contribution >= 4 is 32.8 Å². The second-order valence-electron chi connectivity index (χ2n) is 12.2. The van der Waals surface area contributed by atoms with Gasteiger partial charge in [-0.2, -0.15) is 0 Å². The molecule has 29 heavy (non-hydrogen) atoms. The molecule has 3 atom stereocenters. The van der Waals surface area contributed by atoms with Crippen molar-refractivity contribution in [2.45, 2.75) is 136 Å². The lowest BCUT2D eigenvalue weighted by Gasteiger charge is -2.48. The third kappa shape index (κ3) is 6.87. The molecule has 0 heterocycles. The fraction of sp³-hybridized carbons (Fsp3) is 1.00. The first kappa shape index (κ1) is 29.8. The molecule has 0 amide bonds. The summed E-state index contributed by atoms with van der Waals surface area (Å²) >= 11 is 0. The van der Waals surface area contributed by atoms with Crippen molar-refractivity contribution in [1.29, 1.82) is 0 Å². The molecule has 0 fully saturated rings. The number of rotatable bonds is 9. The Bertz CT molecular complexity index is 513. The summed E-state index contributed by atoms with van der Waals surface area (Å²) in [6.07, 6.45) is 0. The highest BCUT2D eigenvalue weighted by Gasteiger charge is 2.56. The van der Waals surface area contributed by atoms with E-state index in [9.17, 15) is 4.57 Å². The maximum Gasteiger partial charge on any atom is 0.445 e. The molecule has 0 N–H and O–H groups in total. The van der Waals surface area contributed by atoms with Crippen LogP contribution in [-0.4, -0.2) is 25.0 Å². The van der Waals surface area contributed by atoms with Crippen LogP contribution in [0.15, 0.2) is 0 Å². The van der Waals surface area contributed by atoms with Gasteiger partial charge in [0.05, 0.1) is 0 Å². The maximum absolute atomic E-state index is 14.5. The van der Waals surface area contributed by atoms with Crippen LogP contribution in [0.1, 0.15) is 83.1 Å². The third-order valence-corrected chi connectivity index (χ3v) is 28.8. The average molecular weight is 483 g/mol. The molecule has 0 rings (SSSR count). The fourth-order valence-electron chi connectivity index (χ4n) is 2.99. The summed E-state index contributed by atoms with van der Waals surface area (Å²) in [4.78, 5) is 0. The summed E-state index contributed by atoms with van der Waals surface area (Å²) in [5, 5.41) is -0.203. The lowest BCUT2D eigenvalue weighted by molar-refractivity contribution is 0.266. The Morgan fingerprint density at radius 1 is 0.552 bits per heavy atom. The monoisotopic (exact) mass is 482 g/mol. The summed E-state index contributed by atoms with van der Waals surface area (Å²) in [5.74, 6) is 0. The molecule has 0 bridgehead atoms. The van der Waals surface area contributed by atoms with Gasteiger partial charge in [-0.15, -0.1) is 0 Å². The molecule has 0 spiro atoms. The molecule has 176 valence electrons. The molecule has 0 aromatic heterocycles. The molecule has 0 aromatic rings. The van der Waals surface area contributed by atoms with Gasteiger partial charge in [-0.25, -0.2) is 4.57 Å². The average Bonchev–Trinajstić information content (AvgIpc) is 2.50. The van der Waals surface area contributed by atoms with Gasteiger partial charge in [0.15, 0.2) is 0 Å². The molecule has 0 saturated heterocycles. The normalized spacial score (nSPS) is 22.3. The molecule has 0 radical (unpaired) electrons. The van der Waals surface area contributed by atoms with Crippen LogP contribution in [0.4, 0.5) is 0 Å². The Kier molecular flexibility index (Phi) is 9.57. The molecule has 0 aromatic carbocycles. The van der Waals surface area contributed by atoms with E-state index >= 15 is 0 Å². The van der Waals surface area contributed by atoms with Gasteiger partial charge in [-0.05, 0) is 52.9 Å². The molecule has 0 saturated carbocycles. The molecule has 4 nitrogen and oxygen atoms in total. The smallest absolute Gasteiger partial charge is 0.330 e. The summed E-state index contributed by atoms with van der Waals surface area (Å²) < 4.78 is 34.4. The van der Waals surface area contributed by atoms with Crippen LogP contribution in [0, 0.1) is 0 Å². The van der Waals surface area contributed by atoms with E-state index in [2.05, 4.69) is 103 Å². The van der Waals surface area contributed by atoms with Gasteiger partial charge in [0.2, 0.25) is 25.0 Å². The molecular formula is C21H51O4PSi3. The standard InChI is InChI=1S/C21H51O4PSi3/c1-16-27(13,19(4,5)6)23-26(22,24-28(14,17-2)20(7,8)9)25-29(15,18-3)21(10,11)12/h16-18H2,1-15H3. The van der Waals surface area contributed by atoms with E-state index in [0.717, 1.165) is 18.1 Å². The van der Waals surface area contributed by atoms with Gasteiger partial charge >= 0.3 is 7.82 Å².